The van der Waals surface area contributed by atoms with Crippen molar-refractivity contribution in [2.45, 2.75) is 12.1 Å². The molecule has 0 aliphatic heterocycles. The van der Waals surface area contributed by atoms with Crippen molar-refractivity contribution in [2.24, 2.45) is 0 Å². The van der Waals surface area contributed by atoms with Gasteiger partial charge in [-0.2, -0.15) is 13.2 Å². The number of hydrogen-bond donors (Lipinski definition) is 0. The summed E-state index contributed by atoms with van der Waals surface area (Å²) in [6.07, 6.45) is -3.37. The summed E-state index contributed by atoms with van der Waals surface area (Å²) < 4.78 is 39.9. The normalized spacial score (nSPS) is 11.8. The van der Waals surface area contributed by atoms with Crippen LogP contribution in [0.5, 0.6) is 0 Å². The molecule has 1 heterocycles. The van der Waals surface area contributed by atoms with Crippen LogP contribution in [0.1, 0.15) is 11.4 Å². The van der Waals surface area contributed by atoms with E-state index >= 15 is 0 Å². The predicted molar refractivity (Wildman–Crippen MR) is 60.9 cm³/mol. The smallest absolute Gasteiger partial charge is 0.282 e. The number of alkyl halides is 4. The number of rotatable bonds is 2. The third-order valence-corrected chi connectivity index (χ3v) is 2.82. The lowest BCUT2D eigenvalue weighted by Crippen LogP contribution is -2.12. The van der Waals surface area contributed by atoms with Gasteiger partial charge in [0.15, 0.2) is 5.82 Å². The Morgan fingerprint density at radius 2 is 2.00 bits per heavy atom. The molecule has 2 aromatic rings. The lowest BCUT2D eigenvalue weighted by molar-refractivity contribution is -0.137. The van der Waals surface area contributed by atoms with Crippen molar-refractivity contribution in [1.29, 1.82) is 0 Å². The van der Waals surface area contributed by atoms with Crippen LogP contribution in [0.3, 0.4) is 0 Å². The van der Waals surface area contributed by atoms with E-state index in [2.05, 4.69) is 10.2 Å². The Labute approximate surface area is 110 Å². The van der Waals surface area contributed by atoms with E-state index in [1.54, 1.807) is 0 Å². The van der Waals surface area contributed by atoms with E-state index < -0.39 is 11.7 Å². The quantitative estimate of drug-likeness (QED) is 0.791. The van der Waals surface area contributed by atoms with Crippen LogP contribution in [-0.2, 0) is 12.1 Å². The van der Waals surface area contributed by atoms with Crippen LogP contribution in [0, 0.1) is 0 Å². The Morgan fingerprint density at radius 1 is 1.28 bits per heavy atom. The summed E-state index contributed by atoms with van der Waals surface area (Å²) in [5.41, 5.74) is -1.08. The fourth-order valence-corrected chi connectivity index (χ4v) is 1.97. The Kier molecular flexibility index (Phi) is 3.49. The second-order valence-electron chi connectivity index (χ2n) is 3.38. The zero-order chi connectivity index (χ0) is 13.3. The van der Waals surface area contributed by atoms with Crippen molar-refractivity contribution in [1.82, 2.24) is 14.8 Å². The van der Waals surface area contributed by atoms with Crippen LogP contribution in [-0.4, -0.2) is 14.8 Å². The van der Waals surface area contributed by atoms with Crippen LogP contribution in [0.25, 0.3) is 5.69 Å². The van der Waals surface area contributed by atoms with Crippen molar-refractivity contribution >= 4 is 23.2 Å². The second kappa shape index (κ2) is 4.78. The van der Waals surface area contributed by atoms with Gasteiger partial charge in [-0.05, 0) is 12.1 Å². The number of para-hydroxylation sites is 1. The maximum Gasteiger partial charge on any atom is 0.418 e. The first-order valence-corrected chi connectivity index (χ1v) is 5.67. The monoisotopic (exact) mass is 295 g/mol. The number of aromatic nitrogens is 3. The van der Waals surface area contributed by atoms with Crippen LogP contribution in [0.4, 0.5) is 13.2 Å². The molecule has 0 saturated heterocycles. The fourth-order valence-electron chi connectivity index (χ4n) is 1.53. The van der Waals surface area contributed by atoms with Crippen LogP contribution >= 0.6 is 23.2 Å². The molecule has 0 atom stereocenters. The lowest BCUT2D eigenvalue weighted by Gasteiger charge is -2.15. The maximum atomic E-state index is 12.9. The summed E-state index contributed by atoms with van der Waals surface area (Å²) in [5, 5.41) is 7.12. The van der Waals surface area contributed by atoms with Crippen LogP contribution < -0.4 is 0 Å². The Morgan fingerprint density at radius 3 is 2.61 bits per heavy atom. The molecule has 0 saturated carbocycles. The molecule has 3 nitrogen and oxygen atoms in total. The minimum absolute atomic E-state index is 0.0454. The standard InChI is InChI=1S/C10H6Cl2F3N3/c11-4-8-17-16-5-18(8)9-6(10(13,14)15)2-1-3-7(9)12/h1-3,5H,4H2. The van der Waals surface area contributed by atoms with Gasteiger partial charge in [-0.3, -0.25) is 4.57 Å². The van der Waals surface area contributed by atoms with Gasteiger partial charge in [0.1, 0.15) is 6.33 Å². The molecule has 0 aliphatic rings. The molecule has 0 spiro atoms. The molecule has 1 aromatic heterocycles. The van der Waals surface area contributed by atoms with Crippen molar-refractivity contribution in [3.63, 3.8) is 0 Å². The summed E-state index contributed by atoms with van der Waals surface area (Å²) in [7, 11) is 0. The Balaban J connectivity index is 2.71. The van der Waals surface area contributed by atoms with Gasteiger partial charge in [0.25, 0.3) is 0 Å². The van der Waals surface area contributed by atoms with E-state index in [0.29, 0.717) is 0 Å². The topological polar surface area (TPSA) is 30.7 Å². The average Bonchev–Trinajstić information content (AvgIpc) is 2.75. The molecule has 1 aromatic carbocycles. The molecular formula is C10H6Cl2F3N3. The Bertz CT molecular complexity index is 566. The molecule has 0 unspecified atom stereocenters. The van der Waals surface area contributed by atoms with E-state index in [0.717, 1.165) is 17.0 Å². The third kappa shape index (κ3) is 2.30. The predicted octanol–water partition coefficient (Wildman–Crippen LogP) is 3.68. The molecule has 8 heteroatoms. The Hall–Kier alpha value is -1.27. The summed E-state index contributed by atoms with van der Waals surface area (Å²) in [6.45, 7) is 0. The zero-order valence-corrected chi connectivity index (χ0v) is 10.3. The van der Waals surface area contributed by atoms with E-state index in [1.165, 1.54) is 12.1 Å². The van der Waals surface area contributed by atoms with Crippen molar-refractivity contribution in [3.8, 4) is 5.69 Å². The highest BCUT2D eigenvalue weighted by molar-refractivity contribution is 6.32. The number of hydrogen-bond acceptors (Lipinski definition) is 2. The van der Waals surface area contributed by atoms with E-state index in [-0.39, 0.29) is 22.4 Å². The first-order valence-electron chi connectivity index (χ1n) is 4.76. The summed E-state index contributed by atoms with van der Waals surface area (Å²) in [6, 6.07) is 3.54. The molecule has 2 rings (SSSR count). The fraction of sp³-hybridized carbons (Fsp3) is 0.200. The first kappa shape index (κ1) is 13.2. The highest BCUT2D eigenvalue weighted by Crippen LogP contribution is 2.37. The van der Waals surface area contributed by atoms with Gasteiger partial charge >= 0.3 is 6.18 Å². The maximum absolute atomic E-state index is 12.9. The largest absolute Gasteiger partial charge is 0.418 e. The van der Waals surface area contributed by atoms with Gasteiger partial charge in [0, 0.05) is 0 Å². The second-order valence-corrected chi connectivity index (χ2v) is 4.06. The molecule has 0 fully saturated rings. The summed E-state index contributed by atoms with van der Waals surface area (Å²) >= 11 is 11.4. The van der Waals surface area contributed by atoms with Gasteiger partial charge in [-0.15, -0.1) is 21.8 Å². The molecule has 0 aliphatic carbocycles. The van der Waals surface area contributed by atoms with Crippen molar-refractivity contribution in [3.05, 3.63) is 40.9 Å². The average molecular weight is 296 g/mol. The number of benzene rings is 1. The van der Waals surface area contributed by atoms with Gasteiger partial charge in [0.05, 0.1) is 22.2 Å². The lowest BCUT2D eigenvalue weighted by atomic mass is 10.1. The summed E-state index contributed by atoms with van der Waals surface area (Å²) in [5.74, 6) is 0.123. The number of halogens is 5. The first-order chi connectivity index (χ1) is 8.45. The van der Waals surface area contributed by atoms with Gasteiger partial charge in [-0.25, -0.2) is 0 Å². The van der Waals surface area contributed by atoms with Gasteiger partial charge in [0.2, 0.25) is 0 Å². The molecule has 0 radical (unpaired) electrons. The molecule has 0 bridgehead atoms. The van der Waals surface area contributed by atoms with Crippen molar-refractivity contribution in [2.75, 3.05) is 0 Å². The molecule has 96 valence electrons. The highest BCUT2D eigenvalue weighted by atomic mass is 35.5. The summed E-state index contributed by atoms with van der Waals surface area (Å²) in [4.78, 5) is 0. The molecule has 0 N–H and O–H groups in total. The minimum atomic E-state index is -4.52. The third-order valence-electron chi connectivity index (χ3n) is 2.27. The molecule has 18 heavy (non-hydrogen) atoms. The number of nitrogens with zero attached hydrogens (tertiary/aromatic N) is 3. The van der Waals surface area contributed by atoms with E-state index in [9.17, 15) is 13.2 Å². The highest BCUT2D eigenvalue weighted by Gasteiger charge is 2.35. The van der Waals surface area contributed by atoms with Gasteiger partial charge in [-0.1, -0.05) is 17.7 Å². The SMILES string of the molecule is FC(F)(F)c1cccc(Cl)c1-n1cnnc1CCl. The van der Waals surface area contributed by atoms with E-state index in [1.807, 2.05) is 0 Å². The minimum Gasteiger partial charge on any atom is -0.282 e. The molecular weight excluding hydrogens is 290 g/mol. The van der Waals surface area contributed by atoms with Crippen LogP contribution in [0.15, 0.2) is 24.5 Å². The molecule has 0 amide bonds. The van der Waals surface area contributed by atoms with Gasteiger partial charge < -0.3 is 0 Å². The van der Waals surface area contributed by atoms with E-state index in [4.69, 9.17) is 23.2 Å². The van der Waals surface area contributed by atoms with Crippen LogP contribution in [0.2, 0.25) is 5.02 Å². The van der Waals surface area contributed by atoms with Crippen molar-refractivity contribution < 1.29 is 13.2 Å². The zero-order valence-electron chi connectivity index (χ0n) is 8.75.